The number of halogens is 1. The topological polar surface area (TPSA) is 117 Å². The first-order chi connectivity index (χ1) is 16.2. The minimum Gasteiger partial charge on any atom is -0.497 e. The Bertz CT molecular complexity index is 1390. The summed E-state index contributed by atoms with van der Waals surface area (Å²) in [6, 6.07) is 13.9. The van der Waals surface area contributed by atoms with Gasteiger partial charge in [-0.1, -0.05) is 29.8 Å². The average Bonchev–Trinajstić information content (AvgIpc) is 3.09. The maximum Gasteiger partial charge on any atom is 0.253 e. The van der Waals surface area contributed by atoms with Crippen molar-refractivity contribution in [1.82, 2.24) is 0 Å². The number of carbonyl (C=O) groups excluding carboxylic acids is 1. The van der Waals surface area contributed by atoms with Crippen molar-refractivity contribution in [2.45, 2.75) is 22.3 Å². The first kappa shape index (κ1) is 23.9. The van der Waals surface area contributed by atoms with E-state index in [-0.39, 0.29) is 49.7 Å². The number of fused-ring (bicyclic) bond motifs is 1. The second-order valence-electron chi connectivity index (χ2n) is 7.51. The highest BCUT2D eigenvalue weighted by Crippen LogP contribution is 2.49. The monoisotopic (exact) mass is 502 g/mol. The molecule has 3 aromatic carbocycles. The zero-order chi connectivity index (χ0) is 24.7. The smallest absolute Gasteiger partial charge is 0.253 e. The van der Waals surface area contributed by atoms with Crippen LogP contribution >= 0.6 is 11.6 Å². The molecule has 3 N–H and O–H groups in total. The van der Waals surface area contributed by atoms with Crippen molar-refractivity contribution in [2.75, 3.05) is 26.1 Å². The van der Waals surface area contributed by atoms with Gasteiger partial charge in [-0.3, -0.25) is 4.79 Å². The summed E-state index contributed by atoms with van der Waals surface area (Å²) in [6.07, 6.45) is 0. The molecule has 0 spiro atoms. The Morgan fingerprint density at radius 3 is 2.41 bits per heavy atom. The lowest BCUT2D eigenvalue weighted by Crippen LogP contribution is -2.45. The number of sulfone groups is 1. The summed E-state index contributed by atoms with van der Waals surface area (Å²) >= 11 is 6.42. The van der Waals surface area contributed by atoms with E-state index in [1.807, 2.05) is 0 Å². The van der Waals surface area contributed by atoms with Crippen LogP contribution < -0.4 is 25.3 Å². The van der Waals surface area contributed by atoms with E-state index in [1.165, 1.54) is 38.5 Å². The first-order valence-electron chi connectivity index (χ1n) is 10.3. The zero-order valence-electron chi connectivity index (χ0n) is 18.7. The Kier molecular flexibility index (Phi) is 6.20. The van der Waals surface area contributed by atoms with Crippen molar-refractivity contribution in [1.29, 1.82) is 0 Å². The molecule has 1 amide bonds. The van der Waals surface area contributed by atoms with Crippen molar-refractivity contribution in [3.8, 4) is 17.2 Å². The van der Waals surface area contributed by atoms with E-state index < -0.39 is 21.3 Å². The van der Waals surface area contributed by atoms with Gasteiger partial charge in [0.25, 0.3) is 5.91 Å². The Morgan fingerprint density at radius 1 is 1.03 bits per heavy atom. The minimum atomic E-state index is -4.32. The normalized spacial score (nSPS) is 17.1. The average molecular weight is 503 g/mol. The molecule has 0 saturated heterocycles. The second-order valence-corrected chi connectivity index (χ2v) is 9.77. The predicted octanol–water partition coefficient (Wildman–Crippen LogP) is 3.74. The number of nitrogens with two attached hydrogens (primary N) is 1. The van der Waals surface area contributed by atoms with Gasteiger partial charge in [0.2, 0.25) is 9.84 Å². The minimum absolute atomic E-state index is 0.0504. The van der Waals surface area contributed by atoms with E-state index in [4.69, 9.17) is 31.5 Å². The van der Waals surface area contributed by atoms with Crippen molar-refractivity contribution in [3.63, 3.8) is 0 Å². The third-order valence-corrected chi connectivity index (χ3v) is 7.84. The van der Waals surface area contributed by atoms with Gasteiger partial charge in [0.1, 0.15) is 27.0 Å². The van der Waals surface area contributed by atoms with E-state index in [1.54, 1.807) is 37.3 Å². The van der Waals surface area contributed by atoms with Crippen LogP contribution in [-0.4, -0.2) is 35.2 Å². The summed E-state index contributed by atoms with van der Waals surface area (Å²) < 4.78 is 44.6. The van der Waals surface area contributed by atoms with Gasteiger partial charge in [-0.25, -0.2) is 8.42 Å². The molecule has 178 valence electrons. The molecule has 0 saturated carbocycles. The molecule has 1 aliphatic heterocycles. The number of ether oxygens (including phenoxy) is 3. The number of hydrogen-bond donors (Lipinski definition) is 2. The molecular weight excluding hydrogens is 480 g/mol. The molecule has 0 radical (unpaired) electrons. The molecule has 34 heavy (non-hydrogen) atoms. The molecule has 1 atom stereocenters. The summed E-state index contributed by atoms with van der Waals surface area (Å²) in [6.45, 7) is 1.91. The van der Waals surface area contributed by atoms with E-state index in [9.17, 15) is 13.2 Å². The van der Waals surface area contributed by atoms with Crippen LogP contribution in [0, 0.1) is 0 Å². The van der Waals surface area contributed by atoms with Crippen molar-refractivity contribution in [2.24, 2.45) is 5.73 Å². The van der Waals surface area contributed by atoms with Crippen molar-refractivity contribution < 1.29 is 27.4 Å². The lowest BCUT2D eigenvalue weighted by atomic mass is 9.84. The number of rotatable bonds is 7. The lowest BCUT2D eigenvalue weighted by Gasteiger charge is -2.27. The molecule has 10 heteroatoms. The van der Waals surface area contributed by atoms with Crippen LogP contribution in [0.15, 0.2) is 64.4 Å². The molecule has 0 bridgehead atoms. The standard InChI is InChI=1S/C24H23ClN2O6S/c1-4-33-18-11-10-17-21(24(26,23(28)27-17)15-7-5-6-8-16(15)25)22(18)34(29,30)20-12-9-14(31-2)13-19(20)32-3/h5-13H,4,26H2,1-3H3,(H,27,28). The number of carbonyl (C=O) groups is 1. The van der Waals surface area contributed by atoms with E-state index >= 15 is 0 Å². The lowest BCUT2D eigenvalue weighted by molar-refractivity contribution is -0.119. The Morgan fingerprint density at radius 2 is 1.76 bits per heavy atom. The quantitative estimate of drug-likeness (QED) is 0.505. The van der Waals surface area contributed by atoms with Crippen LogP contribution in [0.4, 0.5) is 5.69 Å². The van der Waals surface area contributed by atoms with Crippen molar-refractivity contribution >= 4 is 33.0 Å². The Balaban J connectivity index is 2.09. The second kappa shape index (κ2) is 8.83. The van der Waals surface area contributed by atoms with Gasteiger partial charge in [0.15, 0.2) is 5.54 Å². The Labute approximate surface area is 202 Å². The van der Waals surface area contributed by atoms with Crippen LogP contribution in [0.2, 0.25) is 5.02 Å². The fraction of sp³-hybridized carbons (Fsp3) is 0.208. The predicted molar refractivity (Wildman–Crippen MR) is 128 cm³/mol. The number of hydrogen-bond acceptors (Lipinski definition) is 7. The third kappa shape index (κ3) is 3.56. The molecule has 0 aromatic heterocycles. The van der Waals surface area contributed by atoms with Gasteiger partial charge in [0.05, 0.1) is 20.8 Å². The largest absolute Gasteiger partial charge is 0.497 e. The van der Waals surface area contributed by atoms with Crippen LogP contribution in [0.25, 0.3) is 0 Å². The number of nitrogens with one attached hydrogen (secondary N) is 1. The molecule has 1 heterocycles. The summed E-state index contributed by atoms with van der Waals surface area (Å²) in [4.78, 5) is 12.9. The van der Waals surface area contributed by atoms with Gasteiger partial charge >= 0.3 is 0 Å². The number of benzene rings is 3. The van der Waals surface area contributed by atoms with Gasteiger partial charge in [-0.05, 0) is 37.3 Å². The van der Waals surface area contributed by atoms with Gasteiger partial charge in [-0.2, -0.15) is 0 Å². The highest BCUT2D eigenvalue weighted by molar-refractivity contribution is 7.91. The molecule has 3 aromatic rings. The van der Waals surface area contributed by atoms with Crippen LogP contribution in [-0.2, 0) is 20.2 Å². The molecule has 1 unspecified atom stereocenters. The van der Waals surface area contributed by atoms with Gasteiger partial charge in [-0.15, -0.1) is 0 Å². The first-order valence-corrected chi connectivity index (χ1v) is 12.2. The van der Waals surface area contributed by atoms with Gasteiger partial charge in [0, 0.05) is 27.9 Å². The van der Waals surface area contributed by atoms with E-state index in [0.717, 1.165) is 0 Å². The maximum absolute atomic E-state index is 14.2. The van der Waals surface area contributed by atoms with Gasteiger partial charge < -0.3 is 25.3 Å². The van der Waals surface area contributed by atoms with Crippen LogP contribution in [0.1, 0.15) is 18.1 Å². The molecule has 0 fully saturated rings. The number of amides is 1. The highest BCUT2D eigenvalue weighted by atomic mass is 35.5. The highest BCUT2D eigenvalue weighted by Gasteiger charge is 2.51. The summed E-state index contributed by atoms with van der Waals surface area (Å²) in [5, 5.41) is 2.92. The molecule has 1 aliphatic rings. The fourth-order valence-electron chi connectivity index (χ4n) is 4.07. The van der Waals surface area contributed by atoms with E-state index in [2.05, 4.69) is 5.32 Å². The maximum atomic E-state index is 14.2. The molecule has 4 rings (SSSR count). The van der Waals surface area contributed by atoms with Crippen LogP contribution in [0.5, 0.6) is 17.2 Å². The number of methoxy groups -OCH3 is 2. The summed E-state index contributed by atoms with van der Waals surface area (Å²) in [7, 11) is -1.50. The Hall–Kier alpha value is -3.27. The SMILES string of the molecule is CCOc1ccc2c(c1S(=O)(=O)c1ccc(OC)cc1OC)C(N)(c1ccccc1Cl)C(=O)N2. The molecule has 8 nitrogen and oxygen atoms in total. The van der Waals surface area contributed by atoms with Crippen molar-refractivity contribution in [3.05, 3.63) is 70.7 Å². The molecule has 0 aliphatic carbocycles. The summed E-state index contributed by atoms with van der Waals surface area (Å²) in [5.41, 5.74) is 5.41. The van der Waals surface area contributed by atoms with E-state index in [0.29, 0.717) is 5.75 Å². The molecular formula is C24H23ClN2O6S. The van der Waals surface area contributed by atoms with Crippen LogP contribution in [0.3, 0.4) is 0 Å². The summed E-state index contributed by atoms with van der Waals surface area (Å²) in [5.74, 6) is -0.0721. The fourth-order valence-corrected chi connectivity index (χ4v) is 6.16. The number of anilines is 1. The zero-order valence-corrected chi connectivity index (χ0v) is 20.3. The third-order valence-electron chi connectivity index (χ3n) is 5.65.